The Morgan fingerprint density at radius 1 is 1.50 bits per heavy atom. The van der Waals surface area contributed by atoms with Crippen molar-refractivity contribution >= 4 is 23.2 Å². The molecular formula is C14H21N3O2S. The summed E-state index contributed by atoms with van der Waals surface area (Å²) in [5.41, 5.74) is 6.27. The van der Waals surface area contributed by atoms with Crippen LogP contribution in [0.2, 0.25) is 0 Å². The quantitative estimate of drug-likeness (QED) is 0.802. The average Bonchev–Trinajstić information content (AvgIpc) is 2.92. The van der Waals surface area contributed by atoms with Crippen LogP contribution in [0.25, 0.3) is 0 Å². The minimum atomic E-state index is -0.294. The smallest absolute Gasteiger partial charge is 0.243 e. The predicted octanol–water partition coefficient (Wildman–Crippen LogP) is 1.26. The fraction of sp³-hybridized carbons (Fsp3) is 0.571. The molecule has 2 heterocycles. The zero-order valence-corrected chi connectivity index (χ0v) is 12.7. The molecule has 0 saturated carbocycles. The molecular weight excluding hydrogens is 274 g/mol. The molecule has 0 aromatic carbocycles. The number of carbonyl (C=O) groups is 2. The summed E-state index contributed by atoms with van der Waals surface area (Å²) in [6.07, 6.45) is 1.46. The SMILES string of the molecule is CCC(N)C(c1cccs1)N1CC(=O)NC(=O)C1CC. The van der Waals surface area contributed by atoms with E-state index in [1.165, 1.54) is 0 Å². The minimum Gasteiger partial charge on any atom is -0.326 e. The average molecular weight is 295 g/mol. The number of rotatable bonds is 5. The zero-order chi connectivity index (χ0) is 14.7. The molecule has 1 saturated heterocycles. The molecule has 1 aliphatic heterocycles. The molecule has 0 spiro atoms. The lowest BCUT2D eigenvalue weighted by atomic mass is 9.98. The van der Waals surface area contributed by atoms with E-state index in [2.05, 4.69) is 5.32 Å². The van der Waals surface area contributed by atoms with Gasteiger partial charge in [0.15, 0.2) is 0 Å². The Labute approximate surface area is 123 Å². The van der Waals surface area contributed by atoms with Crippen molar-refractivity contribution in [3.8, 4) is 0 Å². The van der Waals surface area contributed by atoms with E-state index in [1.807, 2.05) is 36.3 Å². The van der Waals surface area contributed by atoms with Gasteiger partial charge in [0.25, 0.3) is 0 Å². The Bertz CT molecular complexity index is 475. The highest BCUT2D eigenvalue weighted by Gasteiger charge is 2.39. The van der Waals surface area contributed by atoms with Gasteiger partial charge in [-0.2, -0.15) is 0 Å². The summed E-state index contributed by atoms with van der Waals surface area (Å²) in [5.74, 6) is -0.460. The maximum Gasteiger partial charge on any atom is 0.243 e. The van der Waals surface area contributed by atoms with E-state index in [0.717, 1.165) is 11.3 Å². The van der Waals surface area contributed by atoms with Gasteiger partial charge in [-0.25, -0.2) is 0 Å². The highest BCUT2D eigenvalue weighted by atomic mass is 32.1. The van der Waals surface area contributed by atoms with Crippen LogP contribution in [0, 0.1) is 0 Å². The lowest BCUT2D eigenvalue weighted by Crippen LogP contribution is -2.60. The van der Waals surface area contributed by atoms with Gasteiger partial charge in [-0.05, 0) is 24.3 Å². The molecule has 6 heteroatoms. The number of piperazine rings is 1. The topological polar surface area (TPSA) is 75.4 Å². The monoisotopic (exact) mass is 295 g/mol. The Kier molecular flexibility index (Phi) is 4.91. The van der Waals surface area contributed by atoms with Crippen molar-refractivity contribution in [1.29, 1.82) is 0 Å². The van der Waals surface area contributed by atoms with Crippen LogP contribution in [-0.4, -0.2) is 35.3 Å². The van der Waals surface area contributed by atoms with Crippen molar-refractivity contribution in [2.75, 3.05) is 6.54 Å². The van der Waals surface area contributed by atoms with Crippen LogP contribution in [0.5, 0.6) is 0 Å². The number of imide groups is 1. The van der Waals surface area contributed by atoms with E-state index < -0.39 is 0 Å². The lowest BCUT2D eigenvalue weighted by Gasteiger charge is -2.41. The number of nitrogens with zero attached hydrogens (tertiary/aromatic N) is 1. The van der Waals surface area contributed by atoms with Gasteiger partial charge in [0, 0.05) is 10.9 Å². The standard InChI is InChI=1S/C14H21N3O2S/c1-3-9(15)13(11-6-5-7-20-11)17-8-12(18)16-14(19)10(17)4-2/h5-7,9-10,13H,3-4,8,15H2,1-2H3,(H,16,18,19). The number of nitrogens with two attached hydrogens (primary N) is 1. The predicted molar refractivity (Wildman–Crippen MR) is 79.3 cm³/mol. The summed E-state index contributed by atoms with van der Waals surface area (Å²) >= 11 is 1.62. The second kappa shape index (κ2) is 6.47. The molecule has 1 aromatic rings. The number of hydrogen-bond donors (Lipinski definition) is 2. The van der Waals surface area contributed by atoms with Crippen LogP contribution in [0.3, 0.4) is 0 Å². The zero-order valence-electron chi connectivity index (χ0n) is 11.8. The Balaban J connectivity index is 2.35. The van der Waals surface area contributed by atoms with Gasteiger partial charge in [0.05, 0.1) is 18.6 Å². The number of thiophene rings is 1. The molecule has 110 valence electrons. The molecule has 2 rings (SSSR count). The number of amides is 2. The molecule has 20 heavy (non-hydrogen) atoms. The number of hydrogen-bond acceptors (Lipinski definition) is 5. The summed E-state index contributed by atoms with van der Waals surface area (Å²) in [5, 5.41) is 4.41. The van der Waals surface area contributed by atoms with E-state index in [0.29, 0.717) is 6.42 Å². The van der Waals surface area contributed by atoms with E-state index in [4.69, 9.17) is 5.73 Å². The number of nitrogens with one attached hydrogen (secondary N) is 1. The second-order valence-corrected chi connectivity index (χ2v) is 6.02. The summed E-state index contributed by atoms with van der Waals surface area (Å²) < 4.78 is 0. The maximum atomic E-state index is 12.0. The lowest BCUT2D eigenvalue weighted by molar-refractivity contribution is -0.142. The van der Waals surface area contributed by atoms with Crippen molar-refractivity contribution in [2.45, 2.75) is 44.8 Å². The van der Waals surface area contributed by atoms with Crippen LogP contribution in [0.15, 0.2) is 17.5 Å². The largest absolute Gasteiger partial charge is 0.326 e. The van der Waals surface area contributed by atoms with Crippen molar-refractivity contribution in [3.05, 3.63) is 22.4 Å². The van der Waals surface area contributed by atoms with Crippen molar-refractivity contribution in [1.82, 2.24) is 10.2 Å². The molecule has 3 atom stereocenters. The first-order valence-corrected chi connectivity index (χ1v) is 7.84. The van der Waals surface area contributed by atoms with Crippen molar-refractivity contribution < 1.29 is 9.59 Å². The van der Waals surface area contributed by atoms with E-state index >= 15 is 0 Å². The first-order chi connectivity index (χ1) is 9.58. The summed E-state index contributed by atoms with van der Waals surface area (Å²) in [4.78, 5) is 26.8. The molecule has 3 unspecified atom stereocenters. The third-order valence-electron chi connectivity index (χ3n) is 3.75. The number of carbonyl (C=O) groups excluding carboxylic acids is 2. The van der Waals surface area contributed by atoms with Crippen molar-refractivity contribution in [2.24, 2.45) is 5.73 Å². The molecule has 2 amide bonds. The molecule has 0 aliphatic carbocycles. The van der Waals surface area contributed by atoms with Gasteiger partial charge in [0.1, 0.15) is 0 Å². The van der Waals surface area contributed by atoms with Gasteiger partial charge in [-0.1, -0.05) is 19.9 Å². The van der Waals surface area contributed by atoms with E-state index in [9.17, 15) is 9.59 Å². The molecule has 0 radical (unpaired) electrons. The van der Waals surface area contributed by atoms with Crippen LogP contribution >= 0.6 is 11.3 Å². The van der Waals surface area contributed by atoms with Crippen LogP contribution in [0.1, 0.15) is 37.6 Å². The normalized spacial score (nSPS) is 23.4. The van der Waals surface area contributed by atoms with Crippen molar-refractivity contribution in [3.63, 3.8) is 0 Å². The Morgan fingerprint density at radius 3 is 2.80 bits per heavy atom. The van der Waals surface area contributed by atoms with Gasteiger partial charge in [-0.15, -0.1) is 11.3 Å². The summed E-state index contributed by atoms with van der Waals surface area (Å²) in [7, 11) is 0. The fourth-order valence-corrected chi connectivity index (χ4v) is 3.62. The van der Waals surface area contributed by atoms with Crippen LogP contribution in [-0.2, 0) is 9.59 Å². The molecule has 5 nitrogen and oxygen atoms in total. The Hall–Kier alpha value is -1.24. The maximum absolute atomic E-state index is 12.0. The summed E-state index contributed by atoms with van der Waals surface area (Å²) in [6.45, 7) is 4.20. The molecule has 0 bridgehead atoms. The molecule has 1 aliphatic rings. The third kappa shape index (κ3) is 2.92. The second-order valence-electron chi connectivity index (χ2n) is 5.04. The third-order valence-corrected chi connectivity index (χ3v) is 4.69. The fourth-order valence-electron chi connectivity index (χ4n) is 2.70. The van der Waals surface area contributed by atoms with Gasteiger partial charge < -0.3 is 5.73 Å². The highest BCUT2D eigenvalue weighted by molar-refractivity contribution is 7.10. The van der Waals surface area contributed by atoms with Gasteiger partial charge in [-0.3, -0.25) is 19.8 Å². The van der Waals surface area contributed by atoms with E-state index in [-0.39, 0.29) is 36.5 Å². The highest BCUT2D eigenvalue weighted by Crippen LogP contribution is 2.32. The molecule has 3 N–H and O–H groups in total. The first kappa shape index (κ1) is 15.2. The summed E-state index contributed by atoms with van der Waals surface area (Å²) in [6, 6.07) is 3.52. The van der Waals surface area contributed by atoms with Crippen LogP contribution in [0.4, 0.5) is 0 Å². The minimum absolute atomic E-state index is 0.0834. The Morgan fingerprint density at radius 2 is 2.25 bits per heavy atom. The van der Waals surface area contributed by atoms with Gasteiger partial charge in [0.2, 0.25) is 11.8 Å². The molecule has 1 fully saturated rings. The van der Waals surface area contributed by atoms with Crippen LogP contribution < -0.4 is 11.1 Å². The van der Waals surface area contributed by atoms with E-state index in [1.54, 1.807) is 11.3 Å². The molecule has 1 aromatic heterocycles. The van der Waals surface area contributed by atoms with Gasteiger partial charge >= 0.3 is 0 Å². The first-order valence-electron chi connectivity index (χ1n) is 6.96.